The summed E-state index contributed by atoms with van der Waals surface area (Å²) >= 11 is 0. The van der Waals surface area contributed by atoms with Gasteiger partial charge in [-0.3, -0.25) is 0 Å². The Kier molecular flexibility index (Phi) is 2.85. The van der Waals surface area contributed by atoms with E-state index in [1.54, 1.807) is 30.9 Å². The highest BCUT2D eigenvalue weighted by Crippen LogP contribution is 2.07. The van der Waals surface area contributed by atoms with Crippen LogP contribution in [0.4, 0.5) is 0 Å². The molecule has 0 aliphatic carbocycles. The van der Waals surface area contributed by atoms with Crippen LogP contribution in [-0.2, 0) is 6.54 Å². The van der Waals surface area contributed by atoms with Gasteiger partial charge >= 0.3 is 0 Å². The predicted molar refractivity (Wildman–Crippen MR) is 50.0 cm³/mol. The normalized spacial score (nSPS) is 14.0. The first-order chi connectivity index (χ1) is 6.65. The molecule has 1 heterocycles. The van der Waals surface area contributed by atoms with Crippen molar-refractivity contribution in [3.05, 3.63) is 18.2 Å². The Morgan fingerprint density at radius 3 is 2.86 bits per heavy atom. The van der Waals surface area contributed by atoms with Gasteiger partial charge in [0.2, 0.25) is 5.82 Å². The highest BCUT2D eigenvalue weighted by molar-refractivity contribution is 5.14. The maximum Gasteiger partial charge on any atom is 0.212 e. The Morgan fingerprint density at radius 1 is 1.64 bits per heavy atom. The molecule has 0 radical (unpaired) electrons. The van der Waals surface area contributed by atoms with Crippen LogP contribution in [0.1, 0.15) is 12.7 Å². The van der Waals surface area contributed by atoms with Gasteiger partial charge in [0.15, 0.2) is 0 Å². The Hall–Kier alpha value is -1.85. The molecule has 0 amide bonds. The van der Waals surface area contributed by atoms with Gasteiger partial charge in [-0.05, 0) is 14.0 Å². The number of aromatic nitrogens is 2. The predicted octanol–water partition coefficient (Wildman–Crippen LogP) is 0.256. The molecule has 0 saturated heterocycles. The van der Waals surface area contributed by atoms with Gasteiger partial charge in [0, 0.05) is 12.4 Å². The average Bonchev–Trinajstić information content (AvgIpc) is 2.65. The second kappa shape index (κ2) is 3.91. The lowest BCUT2D eigenvalue weighted by Crippen LogP contribution is -2.42. The maximum absolute atomic E-state index is 8.92. The molecule has 72 valence electrons. The van der Waals surface area contributed by atoms with Gasteiger partial charge in [-0.1, -0.05) is 0 Å². The SMILES string of the molecule is CNC(C)(C#N)Cn1ccnc1C#N. The minimum atomic E-state index is -0.674. The van der Waals surface area contributed by atoms with Crippen molar-refractivity contribution in [2.24, 2.45) is 0 Å². The number of imidazole rings is 1. The Morgan fingerprint density at radius 2 is 2.36 bits per heavy atom. The first-order valence-corrected chi connectivity index (χ1v) is 4.16. The number of likely N-dealkylation sites (N-methyl/N-ethyl adjacent to an activating group) is 1. The molecule has 0 aliphatic heterocycles. The number of nitrogens with one attached hydrogen (secondary N) is 1. The zero-order chi connectivity index (χ0) is 10.6. The van der Waals surface area contributed by atoms with Gasteiger partial charge in [-0.25, -0.2) is 4.98 Å². The summed E-state index contributed by atoms with van der Waals surface area (Å²) < 4.78 is 1.65. The zero-order valence-electron chi connectivity index (χ0n) is 8.15. The molecular formula is C9H11N5. The molecular weight excluding hydrogens is 178 g/mol. The van der Waals surface area contributed by atoms with Crippen LogP contribution >= 0.6 is 0 Å². The van der Waals surface area contributed by atoms with Gasteiger partial charge in [0.1, 0.15) is 11.6 Å². The van der Waals surface area contributed by atoms with Crippen molar-refractivity contribution in [2.75, 3.05) is 7.05 Å². The highest BCUT2D eigenvalue weighted by atomic mass is 15.1. The van der Waals surface area contributed by atoms with Crippen molar-refractivity contribution in [1.82, 2.24) is 14.9 Å². The molecule has 1 aromatic rings. The average molecular weight is 189 g/mol. The lowest BCUT2D eigenvalue weighted by molar-refractivity contribution is 0.416. The van der Waals surface area contributed by atoms with E-state index in [0.717, 1.165) is 0 Å². The van der Waals surface area contributed by atoms with E-state index in [2.05, 4.69) is 16.4 Å². The Balaban J connectivity index is 2.90. The van der Waals surface area contributed by atoms with Gasteiger partial charge in [0.05, 0.1) is 12.6 Å². The second-order valence-electron chi connectivity index (χ2n) is 3.18. The third-order valence-corrected chi connectivity index (χ3v) is 2.10. The van der Waals surface area contributed by atoms with Crippen molar-refractivity contribution in [3.63, 3.8) is 0 Å². The van der Waals surface area contributed by atoms with E-state index < -0.39 is 5.54 Å². The summed E-state index contributed by atoms with van der Waals surface area (Å²) in [6.07, 6.45) is 3.23. The largest absolute Gasteiger partial charge is 0.320 e. The van der Waals surface area contributed by atoms with Gasteiger partial charge < -0.3 is 9.88 Å². The van der Waals surface area contributed by atoms with Crippen molar-refractivity contribution in [1.29, 1.82) is 10.5 Å². The fourth-order valence-corrected chi connectivity index (χ4v) is 1.06. The van der Waals surface area contributed by atoms with Gasteiger partial charge in [-0.15, -0.1) is 0 Å². The summed E-state index contributed by atoms with van der Waals surface area (Å²) in [7, 11) is 1.71. The van der Waals surface area contributed by atoms with Crippen LogP contribution in [0.5, 0.6) is 0 Å². The standard InChI is InChI=1S/C9H11N5/c1-9(6-11,12-2)7-14-4-3-13-8(14)5-10/h3-4,12H,7H2,1-2H3. The molecule has 0 spiro atoms. The number of hydrogen-bond acceptors (Lipinski definition) is 4. The first kappa shape index (κ1) is 10.2. The van der Waals surface area contributed by atoms with E-state index in [1.165, 1.54) is 0 Å². The highest BCUT2D eigenvalue weighted by Gasteiger charge is 2.22. The van der Waals surface area contributed by atoms with Crippen LogP contribution < -0.4 is 5.32 Å². The van der Waals surface area contributed by atoms with Crippen molar-refractivity contribution < 1.29 is 0 Å². The van der Waals surface area contributed by atoms with Crippen molar-refractivity contribution in [2.45, 2.75) is 19.0 Å². The summed E-state index contributed by atoms with van der Waals surface area (Å²) in [6, 6.07) is 4.11. The van der Waals surface area contributed by atoms with E-state index in [1.807, 2.05) is 6.07 Å². The molecule has 0 saturated carbocycles. The number of nitrogens with zero attached hydrogens (tertiary/aromatic N) is 4. The number of rotatable bonds is 3. The molecule has 0 bridgehead atoms. The van der Waals surface area contributed by atoms with Crippen LogP contribution in [-0.4, -0.2) is 22.1 Å². The van der Waals surface area contributed by atoms with E-state index in [9.17, 15) is 0 Å². The van der Waals surface area contributed by atoms with Crippen LogP contribution in [0.25, 0.3) is 0 Å². The molecule has 5 heteroatoms. The van der Waals surface area contributed by atoms with E-state index in [-0.39, 0.29) is 0 Å². The smallest absolute Gasteiger partial charge is 0.212 e. The topological polar surface area (TPSA) is 77.4 Å². The van der Waals surface area contributed by atoms with Crippen LogP contribution in [0.3, 0.4) is 0 Å². The number of nitriles is 2. The molecule has 1 unspecified atom stereocenters. The van der Waals surface area contributed by atoms with E-state index >= 15 is 0 Å². The molecule has 0 aromatic carbocycles. The van der Waals surface area contributed by atoms with Crippen LogP contribution in [0, 0.1) is 22.7 Å². The van der Waals surface area contributed by atoms with Crippen molar-refractivity contribution >= 4 is 0 Å². The quantitative estimate of drug-likeness (QED) is 0.739. The lowest BCUT2D eigenvalue weighted by Gasteiger charge is -2.21. The second-order valence-corrected chi connectivity index (χ2v) is 3.18. The minimum absolute atomic E-state index is 0.321. The third kappa shape index (κ3) is 1.90. The fraction of sp³-hybridized carbons (Fsp3) is 0.444. The summed E-state index contributed by atoms with van der Waals surface area (Å²) in [5.41, 5.74) is -0.674. The Labute approximate surface area is 82.6 Å². The van der Waals surface area contributed by atoms with Crippen LogP contribution in [0.2, 0.25) is 0 Å². The monoisotopic (exact) mass is 189 g/mol. The molecule has 0 aliphatic rings. The molecule has 1 atom stereocenters. The summed E-state index contributed by atoms with van der Waals surface area (Å²) in [5.74, 6) is 0.321. The minimum Gasteiger partial charge on any atom is -0.320 e. The van der Waals surface area contributed by atoms with E-state index in [4.69, 9.17) is 10.5 Å². The van der Waals surface area contributed by atoms with Crippen LogP contribution in [0.15, 0.2) is 12.4 Å². The number of hydrogen-bond donors (Lipinski definition) is 1. The lowest BCUT2D eigenvalue weighted by atomic mass is 10.1. The molecule has 1 aromatic heterocycles. The van der Waals surface area contributed by atoms with Gasteiger partial charge in [-0.2, -0.15) is 10.5 Å². The summed E-state index contributed by atoms with van der Waals surface area (Å²) in [5, 5.41) is 20.5. The van der Waals surface area contributed by atoms with Crippen molar-refractivity contribution in [3.8, 4) is 12.1 Å². The fourth-order valence-electron chi connectivity index (χ4n) is 1.06. The molecule has 1 rings (SSSR count). The third-order valence-electron chi connectivity index (χ3n) is 2.10. The van der Waals surface area contributed by atoms with Gasteiger partial charge in [0.25, 0.3) is 0 Å². The van der Waals surface area contributed by atoms with E-state index in [0.29, 0.717) is 12.4 Å². The molecule has 0 fully saturated rings. The first-order valence-electron chi connectivity index (χ1n) is 4.16. The zero-order valence-corrected chi connectivity index (χ0v) is 8.15. The Bertz CT molecular complexity index is 394. The molecule has 1 N–H and O–H groups in total. The molecule has 14 heavy (non-hydrogen) atoms. The molecule has 5 nitrogen and oxygen atoms in total. The maximum atomic E-state index is 8.92. The summed E-state index contributed by atoms with van der Waals surface area (Å²) in [4.78, 5) is 3.85. The summed E-state index contributed by atoms with van der Waals surface area (Å²) in [6.45, 7) is 2.18.